The molecule has 0 bridgehead atoms. The number of urea groups is 1. The van der Waals surface area contributed by atoms with Crippen LogP contribution in [0.4, 0.5) is 10.6 Å². The Morgan fingerprint density at radius 3 is 2.71 bits per heavy atom. The molecule has 9 heteroatoms. The summed E-state index contributed by atoms with van der Waals surface area (Å²) in [6.45, 7) is 0.747. The Bertz CT molecular complexity index is 970. The van der Waals surface area contributed by atoms with Crippen molar-refractivity contribution in [1.82, 2.24) is 14.9 Å². The van der Waals surface area contributed by atoms with Crippen molar-refractivity contribution in [1.29, 1.82) is 0 Å². The van der Waals surface area contributed by atoms with Gasteiger partial charge in [-0.1, -0.05) is 29.5 Å². The molecule has 0 fully saturated rings. The summed E-state index contributed by atoms with van der Waals surface area (Å²) in [5.41, 5.74) is 0.949. The fraction of sp³-hybridized carbons (Fsp3) is 0.211. The van der Waals surface area contributed by atoms with Crippen molar-refractivity contribution in [3.8, 4) is 11.6 Å². The average Bonchev–Trinajstić information content (AvgIpc) is 3.00. The van der Waals surface area contributed by atoms with Gasteiger partial charge in [0.25, 0.3) is 0 Å². The topological polar surface area (TPSA) is 108 Å². The number of anilines is 1. The highest BCUT2D eigenvalue weighted by atomic mass is 32.1. The van der Waals surface area contributed by atoms with Gasteiger partial charge in [0.15, 0.2) is 0 Å². The van der Waals surface area contributed by atoms with E-state index in [-0.39, 0.29) is 16.8 Å². The number of nitrogens with one attached hydrogen (secondary N) is 2. The first-order chi connectivity index (χ1) is 13.5. The van der Waals surface area contributed by atoms with Gasteiger partial charge in [0, 0.05) is 19.7 Å². The smallest absolute Gasteiger partial charge is 0.322 e. The van der Waals surface area contributed by atoms with E-state index in [0.29, 0.717) is 36.0 Å². The van der Waals surface area contributed by atoms with Crippen LogP contribution in [0.15, 0.2) is 53.5 Å². The predicted molar refractivity (Wildman–Crippen MR) is 107 cm³/mol. The van der Waals surface area contributed by atoms with Crippen molar-refractivity contribution in [2.45, 2.75) is 6.42 Å². The van der Waals surface area contributed by atoms with Gasteiger partial charge in [0.05, 0.1) is 11.4 Å². The number of ether oxygens (including phenoxy) is 1. The molecule has 1 aromatic carbocycles. The molecule has 0 unspecified atom stereocenters. The monoisotopic (exact) mass is 400 g/mol. The molecular weight excluding hydrogens is 380 g/mol. The van der Waals surface area contributed by atoms with Crippen molar-refractivity contribution in [3.05, 3.63) is 68.8 Å². The summed E-state index contributed by atoms with van der Waals surface area (Å²) in [6, 6.07) is 12.4. The molecule has 2 amide bonds. The summed E-state index contributed by atoms with van der Waals surface area (Å²) in [6.07, 6.45) is 2.08. The number of hydrogen-bond donors (Lipinski definition) is 3. The van der Waals surface area contributed by atoms with Crippen LogP contribution in [0.5, 0.6) is 11.6 Å². The van der Waals surface area contributed by atoms with Crippen molar-refractivity contribution in [2.24, 2.45) is 0 Å². The molecule has 3 N–H and O–H groups in total. The number of aromatic hydroxyl groups is 1. The summed E-state index contributed by atoms with van der Waals surface area (Å²) in [7, 11) is 1.68. The van der Waals surface area contributed by atoms with Crippen LogP contribution in [0.2, 0.25) is 0 Å². The lowest BCUT2D eigenvalue weighted by Gasteiger charge is -2.18. The lowest BCUT2D eigenvalue weighted by atomic mass is 10.1. The van der Waals surface area contributed by atoms with Crippen molar-refractivity contribution < 1.29 is 14.6 Å². The van der Waals surface area contributed by atoms with E-state index in [1.165, 1.54) is 4.90 Å². The number of carbonyl (C=O) groups excluding carboxylic acids is 1. The molecule has 0 aliphatic heterocycles. The maximum Gasteiger partial charge on any atom is 0.322 e. The highest BCUT2D eigenvalue weighted by Gasteiger charge is 2.10. The Kier molecular flexibility index (Phi) is 6.28. The molecule has 3 aromatic rings. The number of aromatic amines is 1. The number of benzene rings is 1. The molecule has 2 aromatic heterocycles. The van der Waals surface area contributed by atoms with Gasteiger partial charge in [-0.05, 0) is 29.8 Å². The molecule has 3 rings (SSSR count). The van der Waals surface area contributed by atoms with E-state index in [2.05, 4.69) is 15.3 Å². The first-order valence-electron chi connectivity index (χ1n) is 8.57. The first-order valence-corrected chi connectivity index (χ1v) is 9.39. The summed E-state index contributed by atoms with van der Waals surface area (Å²) in [5.74, 6) is 1.09. The Labute approximate surface area is 165 Å². The summed E-state index contributed by atoms with van der Waals surface area (Å²) in [4.78, 5) is 31.5. The zero-order chi connectivity index (χ0) is 19.9. The van der Waals surface area contributed by atoms with Crippen LogP contribution in [0.3, 0.4) is 0 Å². The number of aromatic nitrogens is 2. The van der Waals surface area contributed by atoms with Crippen LogP contribution in [0.1, 0.15) is 10.4 Å². The van der Waals surface area contributed by atoms with Crippen molar-refractivity contribution in [3.63, 3.8) is 0 Å². The van der Waals surface area contributed by atoms with E-state index in [9.17, 15) is 14.7 Å². The van der Waals surface area contributed by atoms with E-state index in [1.807, 2.05) is 24.3 Å². The molecular formula is C19H20N4O4S. The molecule has 8 nitrogen and oxygen atoms in total. The maximum atomic E-state index is 12.1. The Hall–Kier alpha value is -3.33. The summed E-state index contributed by atoms with van der Waals surface area (Å²) >= 11 is 0.993. The summed E-state index contributed by atoms with van der Waals surface area (Å²) in [5, 5.41) is 12.3. The molecule has 0 saturated carbocycles. The zero-order valence-corrected chi connectivity index (χ0v) is 16.0. The number of nitrogens with zero attached hydrogens (tertiary/aromatic N) is 2. The third-order valence-corrected chi connectivity index (χ3v) is 4.80. The largest absolute Gasteiger partial charge is 0.494 e. The van der Waals surface area contributed by atoms with E-state index in [1.54, 1.807) is 31.4 Å². The lowest BCUT2D eigenvalue weighted by molar-refractivity contribution is 0.207. The maximum absolute atomic E-state index is 12.1. The molecule has 146 valence electrons. The molecule has 0 spiro atoms. The summed E-state index contributed by atoms with van der Waals surface area (Å²) < 4.78 is 5.67. The van der Waals surface area contributed by atoms with Crippen molar-refractivity contribution in [2.75, 3.05) is 25.5 Å². The number of amides is 2. The number of thiazole rings is 1. The van der Waals surface area contributed by atoms with Crippen LogP contribution in [-0.2, 0) is 6.42 Å². The van der Waals surface area contributed by atoms with E-state index in [0.717, 1.165) is 16.9 Å². The minimum Gasteiger partial charge on any atom is -0.494 e. The second kappa shape index (κ2) is 9.05. The minimum absolute atomic E-state index is 0.0812. The number of hydrogen-bond acceptors (Lipinski definition) is 6. The van der Waals surface area contributed by atoms with Gasteiger partial charge in [0.1, 0.15) is 18.2 Å². The van der Waals surface area contributed by atoms with Crippen molar-refractivity contribution >= 4 is 23.2 Å². The molecule has 0 saturated heterocycles. The quantitative estimate of drug-likeness (QED) is 0.565. The fourth-order valence-electron chi connectivity index (χ4n) is 2.40. The molecule has 0 atom stereocenters. The number of rotatable bonds is 7. The average molecular weight is 400 g/mol. The number of pyridine rings is 1. The molecule has 0 aliphatic carbocycles. The predicted octanol–water partition coefficient (Wildman–Crippen LogP) is 2.67. The standard InChI is InChI=1S/C19H20N4O4S/c1-23(18(25)21-16-4-2-3-9-20-16)10-11-27-14-7-5-13(6-8-14)12-15-17(24)22-19(26)28-15/h2-9,24H,10-12H2,1H3,(H,22,26)(H,20,21,25). The van der Waals surface area contributed by atoms with E-state index < -0.39 is 0 Å². The third kappa shape index (κ3) is 5.34. The van der Waals surface area contributed by atoms with Crippen LogP contribution in [-0.4, -0.2) is 46.2 Å². The Morgan fingerprint density at radius 1 is 1.29 bits per heavy atom. The van der Waals surface area contributed by atoms with Crippen LogP contribution in [0, 0.1) is 0 Å². The molecule has 2 heterocycles. The Balaban J connectivity index is 1.45. The molecule has 28 heavy (non-hydrogen) atoms. The van der Waals surface area contributed by atoms with Crippen LogP contribution in [0.25, 0.3) is 0 Å². The normalized spacial score (nSPS) is 10.5. The fourth-order valence-corrected chi connectivity index (χ4v) is 3.16. The highest BCUT2D eigenvalue weighted by molar-refractivity contribution is 7.09. The Morgan fingerprint density at radius 2 is 2.07 bits per heavy atom. The van der Waals surface area contributed by atoms with Gasteiger partial charge in [-0.25, -0.2) is 9.78 Å². The third-order valence-electron chi connectivity index (χ3n) is 3.93. The van der Waals surface area contributed by atoms with E-state index in [4.69, 9.17) is 4.74 Å². The zero-order valence-electron chi connectivity index (χ0n) is 15.2. The van der Waals surface area contributed by atoms with Gasteiger partial charge in [0.2, 0.25) is 5.88 Å². The first kappa shape index (κ1) is 19.4. The van der Waals surface area contributed by atoms with E-state index >= 15 is 0 Å². The number of likely N-dealkylation sites (N-methyl/N-ethyl adjacent to an activating group) is 1. The lowest BCUT2D eigenvalue weighted by Crippen LogP contribution is -2.34. The molecule has 0 aliphatic rings. The second-order valence-corrected chi connectivity index (χ2v) is 7.09. The minimum atomic E-state index is -0.274. The second-order valence-electron chi connectivity index (χ2n) is 6.02. The SMILES string of the molecule is CN(CCOc1ccc(Cc2sc(=O)[nH]c2O)cc1)C(=O)Nc1ccccn1. The van der Waals surface area contributed by atoms with Gasteiger partial charge >= 0.3 is 10.9 Å². The number of carbonyl (C=O) groups is 1. The highest BCUT2D eigenvalue weighted by Crippen LogP contribution is 2.21. The molecule has 0 radical (unpaired) electrons. The van der Waals surface area contributed by atoms with Gasteiger partial charge < -0.3 is 14.7 Å². The van der Waals surface area contributed by atoms with Gasteiger partial charge in [-0.3, -0.25) is 15.1 Å². The number of H-pyrrole nitrogens is 1. The van der Waals surface area contributed by atoms with Crippen LogP contribution < -0.4 is 14.9 Å². The van der Waals surface area contributed by atoms with Gasteiger partial charge in [-0.15, -0.1) is 0 Å². The van der Waals surface area contributed by atoms with Gasteiger partial charge in [-0.2, -0.15) is 0 Å². The van der Waals surface area contributed by atoms with Crippen LogP contribution >= 0.6 is 11.3 Å².